The van der Waals surface area contributed by atoms with Crippen molar-refractivity contribution in [1.82, 2.24) is 0 Å². The summed E-state index contributed by atoms with van der Waals surface area (Å²) in [5, 5.41) is 0. The lowest BCUT2D eigenvalue weighted by molar-refractivity contribution is 0.666. The van der Waals surface area contributed by atoms with E-state index in [4.69, 9.17) is 9.16 Å². The Bertz CT molecular complexity index is 96.2. The Balaban J connectivity index is 3.85. The highest BCUT2D eigenvalue weighted by Crippen LogP contribution is 1.29. The molecule has 0 rings (SSSR count). The van der Waals surface area contributed by atoms with Gasteiger partial charge in [0.25, 0.3) is 0 Å². The van der Waals surface area contributed by atoms with Gasteiger partial charge in [-0.05, 0) is 0 Å². The molecule has 0 spiro atoms. The molecular weight excluding hydrogens is 94.1 g/mol. The number of nitrogens with zero attached hydrogens (tertiary/aromatic N) is 1. The van der Waals surface area contributed by atoms with Crippen molar-refractivity contribution in [3.8, 4) is 0 Å². The fourth-order valence-electron chi connectivity index (χ4n) is 0. The summed E-state index contributed by atoms with van der Waals surface area (Å²) in [4.78, 5) is 0. The molecule has 0 aliphatic carbocycles. The molecule has 0 aliphatic rings. The zero-order valence-corrected chi connectivity index (χ0v) is 3.34. The molecule has 0 aromatic carbocycles. The van der Waals surface area contributed by atoms with E-state index in [-0.39, 0.29) is 0 Å². The minimum atomic E-state index is -1.78. The predicted molar refractivity (Wildman–Crippen MR) is 19.1 cm³/mol. The first-order valence-corrected chi connectivity index (χ1v) is 2.60. The molecule has 24 valence electrons. The molecule has 2 nitrogen and oxygen atoms in total. The van der Waals surface area contributed by atoms with Gasteiger partial charge in [0.2, 0.25) is 0 Å². The lowest BCUT2D eigenvalue weighted by Crippen LogP contribution is -1.44. The van der Waals surface area contributed by atoms with Crippen LogP contribution in [0.4, 0.5) is 0 Å². The van der Waals surface area contributed by atoms with Crippen molar-refractivity contribution < 1.29 is 4.55 Å². The van der Waals surface area contributed by atoms with Gasteiger partial charge in [0.1, 0.15) is 0 Å². The third-order valence-electron chi connectivity index (χ3n) is 0. The van der Waals surface area contributed by atoms with Crippen molar-refractivity contribution in [3.05, 3.63) is 0 Å². The van der Waals surface area contributed by atoms with Crippen LogP contribution in [0, 0.1) is 4.61 Å². The molecule has 0 saturated carbocycles. The van der Waals surface area contributed by atoms with Crippen molar-refractivity contribution in [3.63, 3.8) is 0 Å². The first kappa shape index (κ1) is 4.11. The van der Waals surface area contributed by atoms with Crippen LogP contribution in [0.1, 0.15) is 0 Å². The van der Waals surface area contributed by atoms with Gasteiger partial charge in [0.15, 0.2) is 9.36 Å². The first-order valence-electron chi connectivity index (χ1n) is 0.532. The average Bonchev–Trinajstić information content (AvgIpc) is 0.811. The second-order valence-corrected chi connectivity index (χ2v) is 1.59. The van der Waals surface area contributed by atoms with E-state index < -0.39 is 9.36 Å². The van der Waals surface area contributed by atoms with E-state index in [0.717, 1.165) is 0 Å². The lowest BCUT2D eigenvalue weighted by atomic mass is 14.0. The summed E-state index contributed by atoms with van der Waals surface area (Å²) in [6.07, 6.45) is 0. The zero-order chi connectivity index (χ0) is 3.58. The average molecular weight is 95.1 g/mol. The summed E-state index contributed by atoms with van der Waals surface area (Å²) in [5.41, 5.74) is 0. The van der Waals surface area contributed by atoms with Crippen LogP contribution in [0.2, 0.25) is 0 Å². The highest BCUT2D eigenvalue weighted by molar-refractivity contribution is 8.17. The molecule has 0 atom stereocenters. The highest BCUT2D eigenvalue weighted by Gasteiger charge is 1.36. The van der Waals surface area contributed by atoms with Gasteiger partial charge in [0, 0.05) is 11.2 Å². The van der Waals surface area contributed by atoms with E-state index in [1.165, 1.54) is 0 Å². The van der Waals surface area contributed by atoms with Crippen molar-refractivity contribution in [2.24, 2.45) is 0 Å². The monoisotopic (exact) mass is 94.9 g/mol. The topological polar surface area (TPSA) is 44.0 Å². The van der Waals surface area contributed by atoms with E-state index in [1.807, 2.05) is 0 Å². The maximum Gasteiger partial charge on any atom is 0.158 e. The summed E-state index contributed by atoms with van der Waals surface area (Å²) >= 11 is 3.76. The second kappa shape index (κ2) is 1.43. The van der Waals surface area contributed by atoms with E-state index >= 15 is 0 Å². The fourth-order valence-corrected chi connectivity index (χ4v) is 0. The summed E-state index contributed by atoms with van der Waals surface area (Å²) < 4.78 is 14.9. The minimum absolute atomic E-state index is 1.78. The van der Waals surface area contributed by atoms with E-state index in [0.29, 0.717) is 0 Å². The maximum absolute atomic E-state index is 7.45. The second-order valence-electron chi connectivity index (χ2n) is 0.231. The number of hydrogen-bond donors (Lipinski definition) is 1. The molecular formula is HNOS2. The fraction of sp³-hybridized carbons (Fsp3) is 0. The van der Waals surface area contributed by atoms with Crippen LogP contribution in [-0.2, 0) is 20.6 Å². The Morgan fingerprint density at radius 2 is 2.00 bits per heavy atom. The smallest absolute Gasteiger partial charge is 0.158 e. The van der Waals surface area contributed by atoms with Crippen LogP contribution >= 0.6 is 0 Å². The summed E-state index contributed by atoms with van der Waals surface area (Å²) in [5.74, 6) is 0. The van der Waals surface area contributed by atoms with Gasteiger partial charge in [-0.25, -0.2) is 0 Å². The van der Waals surface area contributed by atoms with Crippen molar-refractivity contribution in [2.45, 2.75) is 0 Å². The molecule has 4 heteroatoms. The Hall–Kier alpha value is 0.110. The Labute approximate surface area is 30.5 Å². The maximum atomic E-state index is 7.45. The molecule has 0 amide bonds. The molecule has 0 saturated heterocycles. The largest absolute Gasteiger partial charge is 0.283 e. The molecule has 1 N–H and O–H groups in total. The Morgan fingerprint density at radius 1 is 2.00 bits per heavy atom. The Morgan fingerprint density at radius 3 is 2.00 bits per heavy atom. The van der Waals surface area contributed by atoms with Crippen molar-refractivity contribution >= 4 is 20.6 Å². The van der Waals surface area contributed by atoms with Crippen molar-refractivity contribution in [1.29, 1.82) is 4.61 Å². The Kier molecular flexibility index (Phi) is 1.47. The SMILES string of the molecule is N#S(O)=S. The molecule has 4 heavy (non-hydrogen) atoms. The molecule has 0 aliphatic heterocycles. The standard InChI is InChI=1S/HNOS2/c1-4(2)3/h(H,2,3). The molecule has 0 aromatic rings. The quantitative estimate of drug-likeness (QED) is 0.461. The van der Waals surface area contributed by atoms with E-state index in [2.05, 4.69) is 11.2 Å². The van der Waals surface area contributed by atoms with Crippen LogP contribution in [0.5, 0.6) is 0 Å². The van der Waals surface area contributed by atoms with Gasteiger partial charge in [-0.15, -0.1) is 4.61 Å². The molecule has 0 fully saturated rings. The highest BCUT2D eigenvalue weighted by atomic mass is 32.8. The summed E-state index contributed by atoms with van der Waals surface area (Å²) in [7, 11) is -1.78. The number of hydrogen-bond acceptors (Lipinski definition) is 2. The lowest BCUT2D eigenvalue weighted by Gasteiger charge is -1.38. The van der Waals surface area contributed by atoms with E-state index in [9.17, 15) is 0 Å². The third kappa shape index (κ3) is 215. The summed E-state index contributed by atoms with van der Waals surface area (Å²) in [6.45, 7) is 0. The van der Waals surface area contributed by atoms with Gasteiger partial charge in [-0.2, -0.15) is 0 Å². The van der Waals surface area contributed by atoms with Crippen LogP contribution in [0.3, 0.4) is 0 Å². The van der Waals surface area contributed by atoms with Gasteiger partial charge in [-0.3, -0.25) is 4.55 Å². The first-order chi connectivity index (χ1) is 1.73. The van der Waals surface area contributed by atoms with Crippen LogP contribution < -0.4 is 0 Å². The molecule has 0 radical (unpaired) electrons. The molecule has 0 aromatic heterocycles. The van der Waals surface area contributed by atoms with Crippen molar-refractivity contribution in [2.75, 3.05) is 0 Å². The van der Waals surface area contributed by atoms with Gasteiger partial charge < -0.3 is 0 Å². The normalized spacial score (nSPS) is 6.00. The van der Waals surface area contributed by atoms with Crippen LogP contribution in [0.15, 0.2) is 0 Å². The van der Waals surface area contributed by atoms with E-state index in [1.54, 1.807) is 0 Å². The van der Waals surface area contributed by atoms with Gasteiger partial charge >= 0.3 is 0 Å². The van der Waals surface area contributed by atoms with Crippen LogP contribution in [-0.4, -0.2) is 4.55 Å². The van der Waals surface area contributed by atoms with Crippen LogP contribution in [0.25, 0.3) is 0 Å². The zero-order valence-electron chi connectivity index (χ0n) is 1.71. The minimum Gasteiger partial charge on any atom is -0.283 e. The molecule has 0 unspecified atom stereocenters. The number of rotatable bonds is 0. The third-order valence-corrected chi connectivity index (χ3v) is 0. The predicted octanol–water partition coefficient (Wildman–Crippen LogP) is 0.0190. The summed E-state index contributed by atoms with van der Waals surface area (Å²) in [6, 6.07) is 0. The molecule has 0 heterocycles. The van der Waals surface area contributed by atoms with Gasteiger partial charge in [0.05, 0.1) is 0 Å². The van der Waals surface area contributed by atoms with Gasteiger partial charge in [-0.1, -0.05) is 0 Å². The molecule has 0 bridgehead atoms.